The van der Waals surface area contributed by atoms with Crippen molar-refractivity contribution in [2.45, 2.75) is 51.7 Å². The molecule has 2 rings (SSSR count). The Balaban J connectivity index is 1.72. The van der Waals surface area contributed by atoms with Crippen molar-refractivity contribution in [1.29, 1.82) is 0 Å². The molecule has 4 heteroatoms. The molecule has 116 valence electrons. The highest BCUT2D eigenvalue weighted by atomic mass is 16.1. The molecule has 1 aliphatic rings. The third-order valence-electron chi connectivity index (χ3n) is 3.94. The molecule has 0 bridgehead atoms. The van der Waals surface area contributed by atoms with Gasteiger partial charge in [0.15, 0.2) is 0 Å². The van der Waals surface area contributed by atoms with Gasteiger partial charge in [-0.25, -0.2) is 0 Å². The molecule has 1 aromatic rings. The third-order valence-corrected chi connectivity index (χ3v) is 3.94. The van der Waals surface area contributed by atoms with E-state index < -0.39 is 0 Å². The lowest BCUT2D eigenvalue weighted by Gasteiger charge is -2.14. The maximum atomic E-state index is 11.6. The van der Waals surface area contributed by atoms with Crippen molar-refractivity contribution in [3.63, 3.8) is 0 Å². The van der Waals surface area contributed by atoms with E-state index in [1.807, 2.05) is 6.92 Å². The van der Waals surface area contributed by atoms with Gasteiger partial charge in [-0.2, -0.15) is 0 Å². The van der Waals surface area contributed by atoms with Gasteiger partial charge in [0.05, 0.1) is 0 Å². The summed E-state index contributed by atoms with van der Waals surface area (Å²) < 4.78 is 0. The van der Waals surface area contributed by atoms with E-state index in [0.29, 0.717) is 13.0 Å². The van der Waals surface area contributed by atoms with Crippen LogP contribution in [0.2, 0.25) is 0 Å². The number of nitrogens with two attached hydrogens (primary N) is 1. The fourth-order valence-corrected chi connectivity index (χ4v) is 2.61. The molecule has 1 saturated heterocycles. The minimum atomic E-state index is 0.0773. The van der Waals surface area contributed by atoms with Gasteiger partial charge in [0, 0.05) is 25.6 Å². The molecular weight excluding hydrogens is 262 g/mol. The molecule has 0 spiro atoms. The molecule has 0 saturated carbocycles. The number of hydrogen-bond acceptors (Lipinski definition) is 3. The molecule has 1 aliphatic heterocycles. The van der Waals surface area contributed by atoms with E-state index >= 15 is 0 Å². The normalized spacial score (nSPS) is 16.9. The Morgan fingerprint density at radius 2 is 1.86 bits per heavy atom. The number of hydrogen-bond donors (Lipinski definition) is 2. The van der Waals surface area contributed by atoms with Crippen LogP contribution in [0.4, 0.5) is 0 Å². The smallest absolute Gasteiger partial charge is 0.220 e. The van der Waals surface area contributed by atoms with Crippen LogP contribution in [0.5, 0.6) is 0 Å². The summed E-state index contributed by atoms with van der Waals surface area (Å²) in [5.74, 6) is 0.0773. The summed E-state index contributed by atoms with van der Waals surface area (Å²) in [4.78, 5) is 14.1. The number of nitrogens with one attached hydrogen (secondary N) is 1. The van der Waals surface area contributed by atoms with Crippen LogP contribution in [-0.2, 0) is 17.9 Å². The van der Waals surface area contributed by atoms with Crippen LogP contribution in [0.1, 0.15) is 43.7 Å². The highest BCUT2D eigenvalue weighted by Crippen LogP contribution is 2.13. The first kappa shape index (κ1) is 16.0. The lowest BCUT2D eigenvalue weighted by Crippen LogP contribution is -2.25. The molecule has 0 aromatic heterocycles. The lowest BCUT2D eigenvalue weighted by molar-refractivity contribution is -0.121. The average Bonchev–Trinajstić information content (AvgIpc) is 2.97. The molecule has 0 aliphatic carbocycles. The maximum Gasteiger partial charge on any atom is 0.220 e. The van der Waals surface area contributed by atoms with Gasteiger partial charge in [-0.1, -0.05) is 24.3 Å². The van der Waals surface area contributed by atoms with E-state index in [4.69, 9.17) is 5.73 Å². The van der Waals surface area contributed by atoms with E-state index in [0.717, 1.165) is 18.5 Å². The zero-order valence-corrected chi connectivity index (χ0v) is 13.0. The Morgan fingerprint density at radius 1 is 1.24 bits per heavy atom. The zero-order valence-electron chi connectivity index (χ0n) is 13.0. The molecule has 1 aromatic carbocycles. The van der Waals surface area contributed by atoms with Crippen molar-refractivity contribution in [1.82, 2.24) is 10.2 Å². The predicted molar refractivity (Wildman–Crippen MR) is 85.7 cm³/mol. The van der Waals surface area contributed by atoms with Crippen LogP contribution < -0.4 is 11.1 Å². The monoisotopic (exact) mass is 289 g/mol. The third kappa shape index (κ3) is 5.86. The fourth-order valence-electron chi connectivity index (χ4n) is 2.61. The SMILES string of the molecule is CC(N)CCC(=O)NCc1ccc(CN2CCCC2)cc1. The summed E-state index contributed by atoms with van der Waals surface area (Å²) in [6, 6.07) is 8.64. The number of carbonyl (C=O) groups is 1. The summed E-state index contributed by atoms with van der Waals surface area (Å²) in [5, 5.41) is 2.94. The Kier molecular flexibility index (Phi) is 6.21. The van der Waals surface area contributed by atoms with E-state index in [9.17, 15) is 4.79 Å². The van der Waals surface area contributed by atoms with Crippen LogP contribution in [-0.4, -0.2) is 29.9 Å². The number of likely N-dealkylation sites (tertiary alicyclic amines) is 1. The molecule has 4 nitrogen and oxygen atoms in total. The molecule has 1 fully saturated rings. The van der Waals surface area contributed by atoms with Crippen LogP contribution in [0.15, 0.2) is 24.3 Å². The molecule has 1 amide bonds. The highest BCUT2D eigenvalue weighted by molar-refractivity contribution is 5.75. The van der Waals surface area contributed by atoms with Crippen molar-refractivity contribution in [2.24, 2.45) is 5.73 Å². The van der Waals surface area contributed by atoms with Crippen LogP contribution >= 0.6 is 0 Å². The van der Waals surface area contributed by atoms with Gasteiger partial charge in [0.2, 0.25) is 5.91 Å². The van der Waals surface area contributed by atoms with E-state index in [-0.39, 0.29) is 11.9 Å². The summed E-state index contributed by atoms with van der Waals surface area (Å²) in [5.41, 5.74) is 8.15. The molecule has 1 atom stereocenters. The van der Waals surface area contributed by atoms with Gasteiger partial charge in [-0.05, 0) is 50.4 Å². The molecular formula is C17H27N3O. The van der Waals surface area contributed by atoms with Crippen molar-refractivity contribution >= 4 is 5.91 Å². The summed E-state index contributed by atoms with van der Waals surface area (Å²) >= 11 is 0. The van der Waals surface area contributed by atoms with Crippen LogP contribution in [0.3, 0.4) is 0 Å². The summed E-state index contributed by atoms with van der Waals surface area (Å²) in [6.07, 6.45) is 3.89. The summed E-state index contributed by atoms with van der Waals surface area (Å²) in [6.45, 7) is 6.00. The average molecular weight is 289 g/mol. The van der Waals surface area contributed by atoms with Crippen molar-refractivity contribution in [2.75, 3.05) is 13.1 Å². The maximum absolute atomic E-state index is 11.6. The topological polar surface area (TPSA) is 58.4 Å². The Labute approximate surface area is 127 Å². The Hall–Kier alpha value is -1.39. The lowest BCUT2D eigenvalue weighted by atomic mass is 10.1. The predicted octanol–water partition coefficient (Wildman–Crippen LogP) is 2.03. The van der Waals surface area contributed by atoms with Gasteiger partial charge in [-0.15, -0.1) is 0 Å². The van der Waals surface area contributed by atoms with Crippen molar-refractivity contribution in [3.05, 3.63) is 35.4 Å². The first-order valence-electron chi connectivity index (χ1n) is 7.96. The van der Waals surface area contributed by atoms with Crippen LogP contribution in [0.25, 0.3) is 0 Å². The number of carbonyl (C=O) groups excluding carboxylic acids is 1. The number of rotatable bonds is 7. The largest absolute Gasteiger partial charge is 0.352 e. The molecule has 21 heavy (non-hydrogen) atoms. The molecule has 3 N–H and O–H groups in total. The minimum Gasteiger partial charge on any atom is -0.352 e. The number of benzene rings is 1. The van der Waals surface area contributed by atoms with E-state index in [1.54, 1.807) is 0 Å². The first-order valence-corrected chi connectivity index (χ1v) is 7.96. The van der Waals surface area contributed by atoms with Gasteiger partial charge < -0.3 is 11.1 Å². The van der Waals surface area contributed by atoms with Crippen LogP contribution in [0, 0.1) is 0 Å². The second-order valence-electron chi connectivity index (χ2n) is 6.09. The quantitative estimate of drug-likeness (QED) is 0.807. The highest BCUT2D eigenvalue weighted by Gasteiger charge is 2.11. The standard InChI is InChI=1S/C17H27N3O/c1-14(18)4-9-17(21)19-12-15-5-7-16(8-6-15)13-20-10-2-3-11-20/h5-8,14H,2-4,9-13,18H2,1H3,(H,19,21). The van der Waals surface area contributed by atoms with E-state index in [2.05, 4.69) is 34.5 Å². The Morgan fingerprint density at radius 3 is 2.48 bits per heavy atom. The minimum absolute atomic E-state index is 0.0773. The number of amides is 1. The fraction of sp³-hybridized carbons (Fsp3) is 0.588. The molecule has 1 heterocycles. The first-order chi connectivity index (χ1) is 10.1. The van der Waals surface area contributed by atoms with Gasteiger partial charge in [-0.3, -0.25) is 9.69 Å². The van der Waals surface area contributed by atoms with Crippen molar-refractivity contribution < 1.29 is 4.79 Å². The molecule has 1 unspecified atom stereocenters. The van der Waals surface area contributed by atoms with Crippen molar-refractivity contribution in [3.8, 4) is 0 Å². The van der Waals surface area contributed by atoms with Gasteiger partial charge >= 0.3 is 0 Å². The second-order valence-corrected chi connectivity index (χ2v) is 6.09. The van der Waals surface area contributed by atoms with E-state index in [1.165, 1.54) is 31.5 Å². The van der Waals surface area contributed by atoms with Gasteiger partial charge in [0.1, 0.15) is 0 Å². The molecule has 0 radical (unpaired) electrons. The van der Waals surface area contributed by atoms with Gasteiger partial charge in [0.25, 0.3) is 0 Å². The number of nitrogens with zero attached hydrogens (tertiary/aromatic N) is 1. The Bertz CT molecular complexity index is 436. The second kappa shape index (κ2) is 8.15. The summed E-state index contributed by atoms with van der Waals surface area (Å²) in [7, 11) is 0. The zero-order chi connectivity index (χ0) is 15.1.